The lowest BCUT2D eigenvalue weighted by Crippen LogP contribution is -2.43. The van der Waals surface area contributed by atoms with Crippen LogP contribution in [-0.2, 0) is 0 Å². The molecule has 0 nitrogen and oxygen atoms in total. The zero-order valence-corrected chi connectivity index (χ0v) is 20.8. The maximum absolute atomic E-state index is 4.03. The van der Waals surface area contributed by atoms with Crippen LogP contribution in [0.4, 0.5) is 0 Å². The van der Waals surface area contributed by atoms with E-state index in [4.69, 9.17) is 0 Å². The normalized spacial score (nSPS) is 22.6. The first-order valence-corrected chi connectivity index (χ1v) is 17.1. The molecule has 0 aromatic heterocycles. The number of benzene rings is 2. The van der Waals surface area contributed by atoms with E-state index in [0.717, 1.165) is 11.8 Å². The van der Waals surface area contributed by atoms with Gasteiger partial charge in [-0.05, 0) is 23.9 Å². The van der Waals surface area contributed by atoms with Crippen LogP contribution in [0.25, 0.3) is 0 Å². The van der Waals surface area contributed by atoms with Crippen LogP contribution in [0.3, 0.4) is 0 Å². The molecule has 1 aliphatic carbocycles. The van der Waals surface area contributed by atoms with E-state index in [-0.39, 0.29) is 3.23 Å². The van der Waals surface area contributed by atoms with Crippen molar-refractivity contribution in [3.8, 4) is 0 Å². The molecule has 0 N–H and O–H groups in total. The van der Waals surface area contributed by atoms with Crippen molar-refractivity contribution < 1.29 is 0 Å². The van der Waals surface area contributed by atoms with Gasteiger partial charge in [0.15, 0.2) is 0 Å². The molecule has 134 valence electrons. The molecule has 25 heavy (non-hydrogen) atoms. The van der Waals surface area contributed by atoms with Gasteiger partial charge in [0.05, 0.1) is 19.4 Å². The molecule has 1 aliphatic rings. The molecule has 4 heteroatoms. The van der Waals surface area contributed by atoms with Gasteiger partial charge in [-0.1, -0.05) is 129 Å². The van der Waals surface area contributed by atoms with Gasteiger partial charge in [-0.3, -0.25) is 0 Å². The van der Waals surface area contributed by atoms with Crippen LogP contribution in [0.1, 0.15) is 0 Å². The van der Waals surface area contributed by atoms with Crippen LogP contribution in [0.2, 0.25) is 38.3 Å². The molecule has 1 saturated carbocycles. The van der Waals surface area contributed by atoms with E-state index in [2.05, 4.69) is 119 Å². The minimum absolute atomic E-state index is 0.151. The van der Waals surface area contributed by atoms with Crippen LogP contribution < -0.4 is 10.4 Å². The molecule has 0 bridgehead atoms. The maximum Gasteiger partial charge on any atom is 0.0863 e. The number of halogens is 2. The summed E-state index contributed by atoms with van der Waals surface area (Å²) in [6.45, 7) is 10.1. The largest absolute Gasteiger partial charge is 0.0863 e. The van der Waals surface area contributed by atoms with Gasteiger partial charge in [0, 0.05) is 0 Å². The Hall–Kier alpha value is -0.166. The van der Waals surface area contributed by atoms with E-state index in [1.807, 2.05) is 0 Å². The minimum atomic E-state index is -1.41. The zero-order chi connectivity index (χ0) is 18.3. The van der Waals surface area contributed by atoms with Crippen LogP contribution in [0.15, 0.2) is 60.7 Å². The first kappa shape index (κ1) is 19.6. The predicted molar refractivity (Wildman–Crippen MR) is 124 cm³/mol. The zero-order valence-electron chi connectivity index (χ0n) is 15.6. The smallest absolute Gasteiger partial charge is 0.0721 e. The van der Waals surface area contributed by atoms with Crippen molar-refractivity contribution >= 4 is 58.4 Å². The summed E-state index contributed by atoms with van der Waals surface area (Å²) in [4.78, 5) is 0. The highest BCUT2D eigenvalue weighted by Crippen LogP contribution is 2.67. The van der Waals surface area contributed by atoms with E-state index >= 15 is 0 Å². The highest BCUT2D eigenvalue weighted by atomic mass is 79.9. The molecule has 0 aliphatic heterocycles. The number of rotatable bonds is 6. The van der Waals surface area contributed by atoms with Gasteiger partial charge < -0.3 is 0 Å². The third-order valence-corrected chi connectivity index (χ3v) is 15.0. The van der Waals surface area contributed by atoms with Crippen molar-refractivity contribution in [2.45, 2.75) is 41.5 Å². The first-order chi connectivity index (χ1) is 11.6. The Bertz CT molecular complexity index is 650. The van der Waals surface area contributed by atoms with Crippen LogP contribution >= 0.6 is 31.9 Å². The fraction of sp³-hybridized carbons (Fsp3) is 0.429. The van der Waals surface area contributed by atoms with E-state index < -0.39 is 16.1 Å². The van der Waals surface area contributed by atoms with Gasteiger partial charge >= 0.3 is 0 Å². The van der Waals surface area contributed by atoms with Gasteiger partial charge in [-0.25, -0.2) is 0 Å². The van der Waals surface area contributed by atoms with E-state index in [1.165, 1.54) is 12.1 Å². The first-order valence-electron chi connectivity index (χ1n) is 9.13. The summed E-state index contributed by atoms with van der Waals surface area (Å²) < 4.78 is 0.151. The summed E-state index contributed by atoms with van der Waals surface area (Å²) in [5.74, 6) is 1.48. The lowest BCUT2D eigenvalue weighted by Gasteiger charge is -2.25. The maximum atomic E-state index is 4.03. The molecule has 1 fully saturated rings. The Kier molecular flexibility index (Phi) is 5.56. The third-order valence-electron chi connectivity index (χ3n) is 5.94. The lowest BCUT2D eigenvalue weighted by molar-refractivity contribution is 0.809. The van der Waals surface area contributed by atoms with Crippen LogP contribution in [-0.4, -0.2) is 19.4 Å². The molecule has 0 radical (unpaired) electrons. The summed E-state index contributed by atoms with van der Waals surface area (Å²) in [5.41, 5.74) is 0. The van der Waals surface area contributed by atoms with Crippen molar-refractivity contribution in [1.29, 1.82) is 0 Å². The molecular weight excluding hydrogens is 468 g/mol. The van der Waals surface area contributed by atoms with E-state index in [1.54, 1.807) is 10.4 Å². The fourth-order valence-corrected chi connectivity index (χ4v) is 13.1. The number of alkyl halides is 2. The molecule has 0 spiro atoms. The second kappa shape index (κ2) is 7.10. The molecule has 0 heterocycles. The highest BCUT2D eigenvalue weighted by molar-refractivity contribution is 9.25. The van der Waals surface area contributed by atoms with Crippen molar-refractivity contribution in [1.82, 2.24) is 0 Å². The van der Waals surface area contributed by atoms with E-state index in [9.17, 15) is 0 Å². The molecule has 2 atom stereocenters. The van der Waals surface area contributed by atoms with Crippen LogP contribution in [0, 0.1) is 11.8 Å². The molecule has 2 unspecified atom stereocenters. The van der Waals surface area contributed by atoms with Gasteiger partial charge in [0.2, 0.25) is 0 Å². The Morgan fingerprint density at radius 3 is 1.32 bits per heavy atom. The second-order valence-electron chi connectivity index (χ2n) is 8.80. The fourth-order valence-electron chi connectivity index (χ4n) is 4.13. The highest BCUT2D eigenvalue weighted by Gasteiger charge is 2.63. The van der Waals surface area contributed by atoms with Gasteiger partial charge in [0.25, 0.3) is 0 Å². The third kappa shape index (κ3) is 4.23. The molecule has 0 amide bonds. The van der Waals surface area contributed by atoms with Crippen LogP contribution in [0.5, 0.6) is 0 Å². The van der Waals surface area contributed by atoms with Gasteiger partial charge in [0.1, 0.15) is 0 Å². The second-order valence-corrected chi connectivity index (χ2v) is 22.0. The SMILES string of the molecule is C[Si](C)(CC1C(C[Si](C)(C)c2ccccc2)C1(Br)Br)c1ccccc1. The monoisotopic (exact) mass is 494 g/mol. The summed E-state index contributed by atoms with van der Waals surface area (Å²) in [6.07, 6.45) is 0. The number of hydrogen-bond acceptors (Lipinski definition) is 0. The van der Waals surface area contributed by atoms with Gasteiger partial charge in [-0.15, -0.1) is 0 Å². The van der Waals surface area contributed by atoms with E-state index in [0.29, 0.717) is 0 Å². The minimum Gasteiger partial charge on any atom is -0.0721 e. The Morgan fingerprint density at radius 2 is 1.00 bits per heavy atom. The Labute approximate surface area is 171 Å². The molecule has 2 aromatic rings. The standard InChI is InChI=1S/C21H28Br2Si2/c1-24(2,17-11-7-5-8-12-17)15-19-20(21(19,22)23)16-25(3,4)18-13-9-6-10-14-18/h5-14,19-20H,15-16H2,1-4H3. The lowest BCUT2D eigenvalue weighted by atomic mass is 10.4. The quantitative estimate of drug-likeness (QED) is 0.343. The average Bonchev–Trinajstić information content (AvgIpc) is 3.07. The van der Waals surface area contributed by atoms with Gasteiger partial charge in [-0.2, -0.15) is 0 Å². The molecule has 2 aromatic carbocycles. The molecule has 0 saturated heterocycles. The Morgan fingerprint density at radius 1 is 0.680 bits per heavy atom. The summed E-state index contributed by atoms with van der Waals surface area (Å²) in [5, 5.41) is 3.16. The Balaban J connectivity index is 1.72. The molecule has 3 rings (SSSR count). The van der Waals surface area contributed by atoms with Crippen molar-refractivity contribution in [2.75, 3.05) is 0 Å². The summed E-state index contributed by atoms with van der Waals surface area (Å²) in [7, 11) is -2.82. The van der Waals surface area contributed by atoms with Crippen molar-refractivity contribution in [3.63, 3.8) is 0 Å². The van der Waals surface area contributed by atoms with Crippen molar-refractivity contribution in [2.24, 2.45) is 11.8 Å². The number of hydrogen-bond donors (Lipinski definition) is 0. The summed E-state index contributed by atoms with van der Waals surface area (Å²) in [6, 6.07) is 25.0. The predicted octanol–water partition coefficient (Wildman–Crippen LogP) is 5.95. The average molecular weight is 496 g/mol. The van der Waals surface area contributed by atoms with Crippen molar-refractivity contribution in [3.05, 3.63) is 60.7 Å². The topological polar surface area (TPSA) is 0 Å². The molecular formula is C21H28Br2Si2. The summed E-state index contributed by atoms with van der Waals surface area (Å²) >= 11 is 8.06.